The van der Waals surface area contributed by atoms with Crippen molar-refractivity contribution in [2.75, 3.05) is 19.6 Å². The molecular weight excluding hydrogens is 186 g/mol. The van der Waals surface area contributed by atoms with Crippen molar-refractivity contribution in [1.82, 2.24) is 10.2 Å². The first-order valence-electron chi connectivity index (χ1n) is 5.47. The van der Waals surface area contributed by atoms with Crippen LogP contribution in [0.2, 0.25) is 0 Å². The van der Waals surface area contributed by atoms with Crippen molar-refractivity contribution in [3.63, 3.8) is 0 Å². The van der Waals surface area contributed by atoms with Gasteiger partial charge in [-0.25, -0.2) is 0 Å². The summed E-state index contributed by atoms with van der Waals surface area (Å²) < 4.78 is 0. The van der Waals surface area contributed by atoms with Gasteiger partial charge in [-0.2, -0.15) is 0 Å². The highest BCUT2D eigenvalue weighted by atomic mass is 15.3. The van der Waals surface area contributed by atoms with Gasteiger partial charge in [-0.3, -0.25) is 4.99 Å². The molecule has 1 N–H and O–H groups in total. The summed E-state index contributed by atoms with van der Waals surface area (Å²) in [6.45, 7) is 6.01. The number of benzene rings is 1. The van der Waals surface area contributed by atoms with Crippen LogP contribution in [0.5, 0.6) is 0 Å². The Balaban J connectivity index is 1.88. The second-order valence-electron chi connectivity index (χ2n) is 3.62. The van der Waals surface area contributed by atoms with Crippen molar-refractivity contribution in [2.24, 2.45) is 4.99 Å². The number of nitrogens with one attached hydrogen (secondary N) is 1. The fourth-order valence-corrected chi connectivity index (χ4v) is 1.74. The van der Waals surface area contributed by atoms with Gasteiger partial charge in [-0.1, -0.05) is 30.3 Å². The highest BCUT2D eigenvalue weighted by molar-refractivity contribution is 5.81. The molecule has 3 heteroatoms. The van der Waals surface area contributed by atoms with Gasteiger partial charge in [-0.15, -0.1) is 0 Å². The average molecular weight is 203 g/mol. The lowest BCUT2D eigenvalue weighted by Gasteiger charge is -2.18. The fourth-order valence-electron chi connectivity index (χ4n) is 1.74. The Labute approximate surface area is 90.8 Å². The Morgan fingerprint density at radius 3 is 2.87 bits per heavy atom. The normalized spacial score (nSPS) is 15.3. The topological polar surface area (TPSA) is 27.6 Å². The molecule has 80 valence electrons. The minimum absolute atomic E-state index is 0.857. The molecular formula is C12H17N3. The quantitative estimate of drug-likeness (QED) is 0.805. The van der Waals surface area contributed by atoms with E-state index in [9.17, 15) is 0 Å². The first-order chi connectivity index (χ1) is 7.40. The Hall–Kier alpha value is -1.51. The van der Waals surface area contributed by atoms with E-state index in [2.05, 4.69) is 46.4 Å². The molecule has 1 aromatic rings. The van der Waals surface area contributed by atoms with Crippen molar-refractivity contribution in [3.05, 3.63) is 35.9 Å². The van der Waals surface area contributed by atoms with Crippen molar-refractivity contribution >= 4 is 5.96 Å². The molecule has 1 aliphatic rings. The Kier molecular flexibility index (Phi) is 3.22. The molecule has 0 atom stereocenters. The van der Waals surface area contributed by atoms with E-state index in [1.165, 1.54) is 5.56 Å². The van der Waals surface area contributed by atoms with Gasteiger partial charge < -0.3 is 10.2 Å². The van der Waals surface area contributed by atoms with Crippen LogP contribution in [-0.4, -0.2) is 30.5 Å². The standard InChI is InChI=1S/C12H17N3/c1-2-15-9-8-13-12(15)14-10-11-6-4-3-5-7-11/h3-7H,2,8-10H2,1H3,(H,13,14). The smallest absolute Gasteiger partial charge is 0.194 e. The second kappa shape index (κ2) is 4.82. The summed E-state index contributed by atoms with van der Waals surface area (Å²) in [7, 11) is 0. The van der Waals surface area contributed by atoms with E-state index in [1.807, 2.05) is 6.07 Å². The van der Waals surface area contributed by atoms with Gasteiger partial charge >= 0.3 is 0 Å². The zero-order valence-corrected chi connectivity index (χ0v) is 9.11. The Bertz CT molecular complexity index is 332. The summed E-state index contributed by atoms with van der Waals surface area (Å²) >= 11 is 0. The minimum atomic E-state index is 0.857. The Morgan fingerprint density at radius 1 is 1.33 bits per heavy atom. The molecule has 1 heterocycles. The lowest BCUT2D eigenvalue weighted by molar-refractivity contribution is 0.466. The van der Waals surface area contributed by atoms with E-state index in [0.29, 0.717) is 0 Å². The van der Waals surface area contributed by atoms with E-state index in [-0.39, 0.29) is 0 Å². The molecule has 15 heavy (non-hydrogen) atoms. The first-order valence-corrected chi connectivity index (χ1v) is 5.47. The minimum Gasteiger partial charge on any atom is -0.352 e. The maximum atomic E-state index is 4.43. The zero-order chi connectivity index (χ0) is 10.5. The average Bonchev–Trinajstić information content (AvgIpc) is 2.75. The molecule has 0 aromatic heterocycles. The second-order valence-corrected chi connectivity index (χ2v) is 3.62. The van der Waals surface area contributed by atoms with Gasteiger partial charge in [0.1, 0.15) is 0 Å². The van der Waals surface area contributed by atoms with Crippen molar-refractivity contribution in [3.8, 4) is 0 Å². The molecule has 2 rings (SSSR count). The molecule has 3 nitrogen and oxygen atoms in total. The van der Waals surface area contributed by atoms with Crippen LogP contribution in [-0.2, 0) is 6.54 Å². The highest BCUT2D eigenvalue weighted by Gasteiger charge is 2.13. The monoisotopic (exact) mass is 203 g/mol. The molecule has 0 bridgehead atoms. The summed E-state index contributed by atoms with van der Waals surface area (Å²) in [6.07, 6.45) is 0. The first kappa shape index (κ1) is 10.0. The molecule has 0 spiro atoms. The van der Waals surface area contributed by atoms with Crippen LogP contribution in [0.25, 0.3) is 0 Å². The number of guanidine groups is 1. The predicted molar refractivity (Wildman–Crippen MR) is 62.8 cm³/mol. The number of likely N-dealkylation sites (N-methyl/N-ethyl adjacent to an activating group) is 1. The third kappa shape index (κ3) is 2.49. The van der Waals surface area contributed by atoms with Crippen molar-refractivity contribution in [1.29, 1.82) is 0 Å². The maximum absolute atomic E-state index is 4.43. The van der Waals surface area contributed by atoms with Crippen LogP contribution in [0.1, 0.15) is 12.5 Å². The molecule has 0 saturated heterocycles. The third-order valence-corrected chi connectivity index (χ3v) is 2.61. The van der Waals surface area contributed by atoms with Gasteiger partial charge in [-0.05, 0) is 12.5 Å². The highest BCUT2D eigenvalue weighted by Crippen LogP contribution is 2.01. The summed E-state index contributed by atoms with van der Waals surface area (Å²) in [5.74, 6) is 1.04. The number of hydrogen-bond acceptors (Lipinski definition) is 3. The predicted octanol–water partition coefficient (Wildman–Crippen LogP) is 1.47. The zero-order valence-electron chi connectivity index (χ0n) is 9.11. The van der Waals surface area contributed by atoms with E-state index >= 15 is 0 Å². The molecule has 0 unspecified atom stereocenters. The SMILES string of the molecule is CCN1CCN=C1NCc1ccccc1. The lowest BCUT2D eigenvalue weighted by atomic mass is 10.2. The molecule has 1 aromatic carbocycles. The molecule has 0 saturated carbocycles. The Morgan fingerprint density at radius 2 is 2.13 bits per heavy atom. The molecule has 0 amide bonds. The molecule has 1 aliphatic heterocycles. The fraction of sp³-hybridized carbons (Fsp3) is 0.417. The van der Waals surface area contributed by atoms with Crippen molar-refractivity contribution < 1.29 is 0 Å². The number of hydrogen-bond donors (Lipinski definition) is 1. The summed E-state index contributed by atoms with van der Waals surface area (Å²) in [5, 5.41) is 3.37. The van der Waals surface area contributed by atoms with Crippen LogP contribution in [0.15, 0.2) is 35.3 Å². The number of aliphatic imine (C=N–C) groups is 1. The summed E-state index contributed by atoms with van der Waals surface area (Å²) in [5.41, 5.74) is 1.29. The maximum Gasteiger partial charge on any atom is 0.194 e. The van der Waals surface area contributed by atoms with Crippen molar-refractivity contribution in [2.45, 2.75) is 13.5 Å². The van der Waals surface area contributed by atoms with Crippen LogP contribution in [0.4, 0.5) is 0 Å². The van der Waals surface area contributed by atoms with Gasteiger partial charge in [0.25, 0.3) is 0 Å². The molecule has 0 fully saturated rings. The van der Waals surface area contributed by atoms with Crippen LogP contribution < -0.4 is 5.32 Å². The van der Waals surface area contributed by atoms with E-state index in [1.54, 1.807) is 0 Å². The van der Waals surface area contributed by atoms with Crippen LogP contribution in [0, 0.1) is 0 Å². The number of nitrogens with zero attached hydrogens (tertiary/aromatic N) is 2. The third-order valence-electron chi connectivity index (χ3n) is 2.61. The van der Waals surface area contributed by atoms with Gasteiger partial charge in [0.05, 0.1) is 6.54 Å². The van der Waals surface area contributed by atoms with E-state index < -0.39 is 0 Å². The van der Waals surface area contributed by atoms with Crippen LogP contribution >= 0.6 is 0 Å². The molecule has 0 aliphatic carbocycles. The summed E-state index contributed by atoms with van der Waals surface area (Å²) in [6, 6.07) is 10.4. The number of rotatable bonds is 3. The largest absolute Gasteiger partial charge is 0.352 e. The molecule has 0 radical (unpaired) electrons. The summed E-state index contributed by atoms with van der Waals surface area (Å²) in [4.78, 5) is 6.70. The van der Waals surface area contributed by atoms with Gasteiger partial charge in [0.15, 0.2) is 5.96 Å². The van der Waals surface area contributed by atoms with Crippen LogP contribution in [0.3, 0.4) is 0 Å². The van der Waals surface area contributed by atoms with E-state index in [4.69, 9.17) is 0 Å². The lowest BCUT2D eigenvalue weighted by Crippen LogP contribution is -2.37. The van der Waals surface area contributed by atoms with Gasteiger partial charge in [0, 0.05) is 19.6 Å². The van der Waals surface area contributed by atoms with E-state index in [0.717, 1.165) is 32.1 Å². The van der Waals surface area contributed by atoms with Gasteiger partial charge in [0.2, 0.25) is 0 Å².